The van der Waals surface area contributed by atoms with E-state index < -0.39 is 5.97 Å². The van der Waals surface area contributed by atoms with Gasteiger partial charge in [-0.15, -0.1) is 11.6 Å². The van der Waals surface area contributed by atoms with Gasteiger partial charge in [0, 0.05) is 7.11 Å². The molecule has 0 heterocycles. The lowest BCUT2D eigenvalue weighted by Gasteiger charge is -2.06. The minimum Gasteiger partial charge on any atom is -0.459 e. The van der Waals surface area contributed by atoms with E-state index in [1.165, 1.54) is 0 Å². The number of oxime groups is 1. The van der Waals surface area contributed by atoms with Gasteiger partial charge in [0.25, 0.3) is 0 Å². The molecule has 0 radical (unpaired) electrons. The Kier molecular flexibility index (Phi) is 17.4. The van der Waals surface area contributed by atoms with Gasteiger partial charge in [0.15, 0.2) is 6.21 Å². The second-order valence-corrected chi connectivity index (χ2v) is 4.13. The maximum Gasteiger partial charge on any atom is 0.352 e. The van der Waals surface area contributed by atoms with Crippen LogP contribution in [-0.2, 0) is 33.3 Å². The van der Waals surface area contributed by atoms with E-state index >= 15 is 0 Å². The minimum atomic E-state index is -0.595. The number of alkyl halides is 1. The van der Waals surface area contributed by atoms with Gasteiger partial charge in [-0.3, -0.25) is 0 Å². The van der Waals surface area contributed by atoms with Crippen molar-refractivity contribution >= 4 is 23.8 Å². The Morgan fingerprint density at radius 3 is 2.00 bits per heavy atom. The number of hydrogen-bond acceptors (Lipinski definition) is 8. The number of rotatable bonds is 16. The van der Waals surface area contributed by atoms with Crippen molar-refractivity contribution in [2.75, 3.05) is 72.5 Å². The van der Waals surface area contributed by atoms with Crippen LogP contribution in [0, 0.1) is 0 Å². The Labute approximate surface area is 135 Å². The Morgan fingerprint density at radius 1 is 0.909 bits per heavy atom. The monoisotopic (exact) mass is 341 g/mol. The fourth-order valence-corrected chi connectivity index (χ4v) is 1.16. The van der Waals surface area contributed by atoms with Crippen LogP contribution in [0.5, 0.6) is 0 Å². The van der Waals surface area contributed by atoms with Crippen molar-refractivity contribution in [1.29, 1.82) is 0 Å². The molecule has 9 heteroatoms. The molecule has 0 aliphatic heterocycles. The van der Waals surface area contributed by atoms with E-state index in [-0.39, 0.29) is 19.8 Å². The van der Waals surface area contributed by atoms with E-state index in [4.69, 9.17) is 35.3 Å². The predicted octanol–water partition coefficient (Wildman–Crippen LogP) is 0.467. The zero-order valence-electron chi connectivity index (χ0n) is 12.8. The van der Waals surface area contributed by atoms with Crippen LogP contribution in [0.4, 0.5) is 0 Å². The molecule has 0 bridgehead atoms. The Bertz CT molecular complexity index is 279. The summed E-state index contributed by atoms with van der Waals surface area (Å²) in [5.41, 5.74) is 0. The van der Waals surface area contributed by atoms with Crippen LogP contribution >= 0.6 is 11.6 Å². The molecule has 0 amide bonds. The Hall–Kier alpha value is -0.930. The molecule has 22 heavy (non-hydrogen) atoms. The average molecular weight is 342 g/mol. The molecule has 0 saturated carbocycles. The first-order valence-electron chi connectivity index (χ1n) is 6.91. The molecule has 0 aromatic heterocycles. The molecule has 0 N–H and O–H groups in total. The molecule has 0 atom stereocenters. The van der Waals surface area contributed by atoms with E-state index in [1.807, 2.05) is 0 Å². The largest absolute Gasteiger partial charge is 0.459 e. The second kappa shape index (κ2) is 18.1. The molecule has 0 saturated heterocycles. The van der Waals surface area contributed by atoms with Gasteiger partial charge in [0.05, 0.1) is 52.1 Å². The first-order valence-corrected chi connectivity index (χ1v) is 7.45. The molecule has 0 aromatic carbocycles. The third-order valence-electron chi connectivity index (χ3n) is 2.05. The smallest absolute Gasteiger partial charge is 0.352 e. The summed E-state index contributed by atoms with van der Waals surface area (Å²) in [7, 11) is 1.62. The highest BCUT2D eigenvalue weighted by Crippen LogP contribution is 1.84. The van der Waals surface area contributed by atoms with Gasteiger partial charge < -0.3 is 28.5 Å². The predicted molar refractivity (Wildman–Crippen MR) is 80.5 cm³/mol. The minimum absolute atomic E-state index is 0.139. The molecule has 0 aliphatic rings. The van der Waals surface area contributed by atoms with Crippen molar-refractivity contribution in [3.05, 3.63) is 0 Å². The molecule has 0 rings (SSSR count). The highest BCUT2D eigenvalue weighted by Gasteiger charge is 1.98. The van der Waals surface area contributed by atoms with Gasteiger partial charge in [0.1, 0.15) is 13.2 Å². The van der Waals surface area contributed by atoms with E-state index in [1.54, 1.807) is 7.11 Å². The lowest BCUT2D eigenvalue weighted by molar-refractivity contribution is -0.136. The molecule has 130 valence electrons. The summed E-state index contributed by atoms with van der Waals surface area (Å²) in [5, 5.41) is 3.37. The van der Waals surface area contributed by atoms with Gasteiger partial charge in [0.2, 0.25) is 0 Å². The lowest BCUT2D eigenvalue weighted by atomic mass is 10.7. The maximum atomic E-state index is 11.1. The van der Waals surface area contributed by atoms with E-state index in [0.717, 1.165) is 6.21 Å². The lowest BCUT2D eigenvalue weighted by Crippen LogP contribution is -2.14. The van der Waals surface area contributed by atoms with Gasteiger partial charge in [-0.2, -0.15) is 0 Å². The number of carbonyl (C=O) groups excluding carboxylic acids is 1. The van der Waals surface area contributed by atoms with Crippen LogP contribution in [0.25, 0.3) is 0 Å². The maximum absolute atomic E-state index is 11.1. The highest BCUT2D eigenvalue weighted by atomic mass is 35.5. The summed E-state index contributed by atoms with van der Waals surface area (Å²) in [5.74, 6) is -0.288. The van der Waals surface area contributed by atoms with Crippen molar-refractivity contribution in [3.8, 4) is 0 Å². The van der Waals surface area contributed by atoms with Crippen molar-refractivity contribution in [1.82, 2.24) is 0 Å². The van der Waals surface area contributed by atoms with Crippen molar-refractivity contribution in [2.24, 2.45) is 5.16 Å². The first-order chi connectivity index (χ1) is 10.8. The summed E-state index contributed by atoms with van der Waals surface area (Å²) in [4.78, 5) is 15.7. The van der Waals surface area contributed by atoms with Gasteiger partial charge in [-0.05, 0) is 0 Å². The molecule has 0 aromatic rings. The zero-order valence-corrected chi connectivity index (χ0v) is 13.6. The number of hydrogen-bond donors (Lipinski definition) is 0. The summed E-state index contributed by atoms with van der Waals surface area (Å²) in [6.45, 7) is 3.69. The normalized spacial score (nSPS) is 11.0. The van der Waals surface area contributed by atoms with Crippen molar-refractivity contribution in [3.63, 3.8) is 0 Å². The fourth-order valence-electron chi connectivity index (χ4n) is 1.09. The van der Waals surface area contributed by atoms with Crippen molar-refractivity contribution in [2.45, 2.75) is 0 Å². The third kappa shape index (κ3) is 17.1. The van der Waals surface area contributed by atoms with Crippen LogP contribution in [-0.4, -0.2) is 84.6 Å². The molecule has 0 spiro atoms. The topological polar surface area (TPSA) is 84.8 Å². The number of esters is 1. The molecule has 0 unspecified atom stereocenters. The summed E-state index contributed by atoms with van der Waals surface area (Å²) >= 11 is 5.36. The van der Waals surface area contributed by atoms with E-state index in [2.05, 4.69) is 9.99 Å². The third-order valence-corrected chi connectivity index (χ3v) is 2.20. The summed E-state index contributed by atoms with van der Waals surface area (Å²) < 4.78 is 25.3. The summed E-state index contributed by atoms with van der Waals surface area (Å²) in [6.07, 6.45) is 0.944. The van der Waals surface area contributed by atoms with Crippen LogP contribution in [0.2, 0.25) is 0 Å². The Balaban J connectivity index is 3.16. The number of nitrogens with zero attached hydrogens (tertiary/aromatic N) is 1. The van der Waals surface area contributed by atoms with Crippen LogP contribution in [0.15, 0.2) is 5.16 Å². The molecule has 8 nitrogen and oxygen atoms in total. The second-order valence-electron chi connectivity index (χ2n) is 3.75. The standard InChI is InChI=1S/C13H24ClNO7/c1-17-4-5-18-6-7-19-8-9-20-10-11-21-13(16)12-15-22-3-2-14/h12H,2-11H2,1H3. The Morgan fingerprint density at radius 2 is 1.45 bits per heavy atom. The van der Waals surface area contributed by atoms with Crippen molar-refractivity contribution < 1.29 is 33.3 Å². The molecular weight excluding hydrogens is 318 g/mol. The van der Waals surface area contributed by atoms with E-state index in [9.17, 15) is 4.79 Å². The van der Waals surface area contributed by atoms with Gasteiger partial charge in [-0.25, -0.2) is 4.79 Å². The SMILES string of the molecule is COCCOCCOCCOCCOC(=O)C=NOCCCl. The van der Waals surface area contributed by atoms with E-state index in [0.29, 0.717) is 45.5 Å². The molecule has 0 fully saturated rings. The number of halogens is 1. The number of ether oxygens (including phenoxy) is 5. The quantitative estimate of drug-likeness (QED) is 0.133. The fraction of sp³-hybridized carbons (Fsp3) is 0.846. The van der Waals surface area contributed by atoms with Gasteiger partial charge >= 0.3 is 5.97 Å². The highest BCUT2D eigenvalue weighted by molar-refractivity contribution is 6.22. The molecule has 0 aliphatic carbocycles. The van der Waals surface area contributed by atoms with Crippen LogP contribution in [0.1, 0.15) is 0 Å². The van der Waals surface area contributed by atoms with Gasteiger partial charge in [-0.1, -0.05) is 5.16 Å². The van der Waals surface area contributed by atoms with Crippen LogP contribution < -0.4 is 0 Å². The molecular formula is C13H24ClNO7. The average Bonchev–Trinajstić information content (AvgIpc) is 2.52. The first kappa shape index (κ1) is 21.1. The number of methoxy groups -OCH3 is 1. The summed E-state index contributed by atoms with van der Waals surface area (Å²) in [6, 6.07) is 0. The number of carbonyl (C=O) groups is 1. The van der Waals surface area contributed by atoms with Crippen LogP contribution in [0.3, 0.4) is 0 Å². The zero-order chi connectivity index (χ0) is 16.3.